The minimum atomic E-state index is -4.65. The van der Waals surface area contributed by atoms with E-state index in [1.165, 1.54) is 48.0 Å². The van der Waals surface area contributed by atoms with Crippen LogP contribution in [-0.2, 0) is 33.9 Å². The van der Waals surface area contributed by atoms with Crippen LogP contribution >= 0.6 is 11.6 Å². The number of H-pyrrole nitrogens is 1. The van der Waals surface area contributed by atoms with Crippen LogP contribution in [0.15, 0.2) is 119 Å². The second kappa shape index (κ2) is 25.7. The van der Waals surface area contributed by atoms with Gasteiger partial charge < -0.3 is 34.9 Å². The maximum atomic E-state index is 14.1. The van der Waals surface area contributed by atoms with Crippen molar-refractivity contribution in [3.63, 3.8) is 0 Å². The molecular weight excluding hydrogens is 1130 g/mol. The molecule has 22 nitrogen and oxygen atoms in total. The van der Waals surface area contributed by atoms with Crippen LogP contribution in [0.2, 0.25) is 5.02 Å². The molecule has 3 saturated heterocycles. The number of piperazine rings is 1. The number of hydrogen-bond acceptors (Lipinski definition) is 17. The van der Waals surface area contributed by atoms with E-state index in [4.69, 9.17) is 21.1 Å². The van der Waals surface area contributed by atoms with Gasteiger partial charge in [-0.25, -0.2) is 18.1 Å². The molecule has 1 unspecified atom stereocenters. The van der Waals surface area contributed by atoms with Crippen LogP contribution in [0, 0.1) is 21.4 Å². The van der Waals surface area contributed by atoms with Crippen LogP contribution in [0.4, 0.5) is 17.1 Å². The number of nitrogens with one attached hydrogen (secondary N) is 5. The standard InChI is InChI=1S/C61H70ClN11O11S/c1-38-55(60(78)72(59(38)77)51-13-14-54(74)67-58(51)76)39(2)63-21-29-83-30-28-69-22-17-40(18-23-69)35-65-50-12-10-47(33-52(50)73(79)80)85(81,82)68-57(75)48-11-9-45(32-53(48)84-46-31-42-16-20-64-56(42)66-36-46)71-26-24-70(25-27-71)37-43-15-19-61(3,4)34-49(43)41-5-7-44(62)8-6-41/h5-12,16,20,31-33,36,40,51,63,65H,2,13-15,17-19,21-30,34-35,37H2,1,3-4H3,(H,64,66)(H,68,75)(H,67,74,76). The summed E-state index contributed by atoms with van der Waals surface area (Å²) >= 11 is 6.27. The number of ether oxygens (including phenoxy) is 2. The number of nitro benzene ring substituents is 1. The molecule has 5 aliphatic rings. The Bertz CT molecular complexity index is 3620. The quantitative estimate of drug-likeness (QED) is 0.0194. The Morgan fingerprint density at radius 1 is 0.918 bits per heavy atom. The Labute approximate surface area is 498 Å². The predicted molar refractivity (Wildman–Crippen MR) is 321 cm³/mol. The fraction of sp³-hybridized carbons (Fsp3) is 0.410. The molecule has 3 aromatic carbocycles. The highest BCUT2D eigenvalue weighted by molar-refractivity contribution is 7.90. The lowest BCUT2D eigenvalue weighted by Crippen LogP contribution is -2.54. The summed E-state index contributed by atoms with van der Waals surface area (Å²) in [6.07, 6.45) is 8.06. The van der Waals surface area contributed by atoms with Gasteiger partial charge in [0.2, 0.25) is 11.8 Å². The van der Waals surface area contributed by atoms with Gasteiger partial charge in [-0.3, -0.25) is 49.2 Å². The summed E-state index contributed by atoms with van der Waals surface area (Å²) in [5.41, 5.74) is 5.77. The third-order valence-corrected chi connectivity index (χ3v) is 18.2. The number of aromatic nitrogens is 2. The van der Waals surface area contributed by atoms with Crippen molar-refractivity contribution in [3.05, 3.63) is 140 Å². The van der Waals surface area contributed by atoms with E-state index in [0.29, 0.717) is 55.7 Å². The van der Waals surface area contributed by atoms with Gasteiger partial charge in [0.05, 0.1) is 40.4 Å². The van der Waals surface area contributed by atoms with Gasteiger partial charge in [-0.05, 0) is 130 Å². The number of rotatable bonds is 22. The summed E-state index contributed by atoms with van der Waals surface area (Å²) in [5, 5.41) is 22.3. The summed E-state index contributed by atoms with van der Waals surface area (Å²) in [7, 11) is -4.65. The Hall–Kier alpha value is -7.96. The average molecular weight is 1200 g/mol. The van der Waals surface area contributed by atoms with Crippen molar-refractivity contribution >= 4 is 84.8 Å². The van der Waals surface area contributed by atoms with Crippen LogP contribution in [0.5, 0.6) is 11.5 Å². The molecule has 0 spiro atoms. The topological polar surface area (TPSA) is 271 Å². The van der Waals surface area contributed by atoms with Gasteiger partial charge in [-0.1, -0.05) is 49.7 Å². The van der Waals surface area contributed by atoms with Crippen molar-refractivity contribution < 1.29 is 46.8 Å². The fourth-order valence-electron chi connectivity index (χ4n) is 11.7. The summed E-state index contributed by atoms with van der Waals surface area (Å²) in [6, 6.07) is 19.2. The molecule has 3 fully saturated rings. The van der Waals surface area contributed by atoms with Gasteiger partial charge in [-0.15, -0.1) is 0 Å². The number of piperidine rings is 2. The first-order valence-electron chi connectivity index (χ1n) is 28.6. The molecule has 85 heavy (non-hydrogen) atoms. The van der Waals surface area contributed by atoms with Gasteiger partial charge in [-0.2, -0.15) is 0 Å². The molecule has 2 aromatic heterocycles. The van der Waals surface area contributed by atoms with E-state index in [0.717, 1.165) is 86.9 Å². The molecule has 6 heterocycles. The zero-order valence-corrected chi connectivity index (χ0v) is 49.4. The molecule has 5 N–H and O–H groups in total. The summed E-state index contributed by atoms with van der Waals surface area (Å²) in [4.78, 5) is 91.0. The van der Waals surface area contributed by atoms with Crippen LogP contribution in [0.3, 0.4) is 0 Å². The lowest BCUT2D eigenvalue weighted by molar-refractivity contribution is -0.384. The maximum absolute atomic E-state index is 14.1. The van der Waals surface area contributed by atoms with Crippen LogP contribution < -0.4 is 30.3 Å². The first-order valence-corrected chi connectivity index (χ1v) is 30.5. The molecule has 0 saturated carbocycles. The molecule has 0 bridgehead atoms. The SMILES string of the molecule is C=C(NCCOCCN1CCC(CNc2ccc(S(=O)(=O)NC(=O)c3ccc(N4CCN(CC5=C(c6ccc(Cl)cc6)CC(C)(C)CC5)CC4)cc3Oc3cnc4[nH]ccc4c3)cc2[N+](=O)[O-])CC1)C1=C(C)C(=O)N(C2CCC(=O)NC2=O)C1=O. The fourth-order valence-corrected chi connectivity index (χ4v) is 12.9. The molecular formula is C61H70ClN11O11S. The van der Waals surface area contributed by atoms with E-state index >= 15 is 0 Å². The summed E-state index contributed by atoms with van der Waals surface area (Å²) < 4.78 is 42.2. The number of hydrogen-bond donors (Lipinski definition) is 5. The van der Waals surface area contributed by atoms with Crippen molar-refractivity contribution in [1.82, 2.24) is 40.0 Å². The number of carbonyl (C=O) groups is 5. The van der Waals surface area contributed by atoms with E-state index < -0.39 is 61.1 Å². The lowest BCUT2D eigenvalue weighted by Gasteiger charge is -2.39. The molecule has 10 rings (SSSR count). The number of amides is 5. The van der Waals surface area contributed by atoms with E-state index in [-0.39, 0.29) is 64.6 Å². The molecule has 448 valence electrons. The van der Waals surface area contributed by atoms with Crippen LogP contribution in [-0.4, -0.2) is 152 Å². The Balaban J connectivity index is 0.712. The van der Waals surface area contributed by atoms with Crippen molar-refractivity contribution in [2.24, 2.45) is 11.3 Å². The molecule has 24 heteroatoms. The summed E-state index contributed by atoms with van der Waals surface area (Å²) in [6.45, 7) is 17.5. The second-order valence-corrected chi connectivity index (χ2v) is 25.2. The molecule has 5 amide bonds. The lowest BCUT2D eigenvalue weighted by atomic mass is 9.72. The number of carbonyl (C=O) groups excluding carboxylic acids is 5. The van der Waals surface area contributed by atoms with Crippen molar-refractivity contribution in [2.45, 2.75) is 76.7 Å². The number of anilines is 2. The number of fused-ring (bicyclic) bond motifs is 1. The number of aromatic amines is 1. The zero-order valence-electron chi connectivity index (χ0n) is 47.8. The number of halogens is 1. The Morgan fingerprint density at radius 2 is 1.68 bits per heavy atom. The third-order valence-electron chi connectivity index (χ3n) is 16.6. The van der Waals surface area contributed by atoms with Crippen molar-refractivity contribution in [2.75, 3.05) is 88.9 Å². The second-order valence-electron chi connectivity index (χ2n) is 23.1. The highest BCUT2D eigenvalue weighted by atomic mass is 35.5. The number of nitro groups is 1. The van der Waals surface area contributed by atoms with Gasteiger partial charge >= 0.3 is 0 Å². The highest BCUT2D eigenvalue weighted by Crippen LogP contribution is 2.44. The van der Waals surface area contributed by atoms with E-state index in [1.807, 2.05) is 18.2 Å². The maximum Gasteiger partial charge on any atom is 0.293 e. The smallest absolute Gasteiger partial charge is 0.293 e. The molecule has 0 radical (unpaired) electrons. The molecule has 1 atom stereocenters. The largest absolute Gasteiger partial charge is 0.455 e. The van der Waals surface area contributed by atoms with E-state index in [2.05, 4.69) is 77.9 Å². The van der Waals surface area contributed by atoms with Gasteiger partial charge in [0, 0.05) is 104 Å². The van der Waals surface area contributed by atoms with Crippen LogP contribution in [0.25, 0.3) is 16.6 Å². The minimum absolute atomic E-state index is 0.0245. The number of sulfonamides is 1. The Kier molecular flexibility index (Phi) is 18.2. The zero-order chi connectivity index (χ0) is 60.2. The minimum Gasteiger partial charge on any atom is -0.455 e. The van der Waals surface area contributed by atoms with Crippen molar-refractivity contribution in [3.8, 4) is 11.5 Å². The predicted octanol–water partition coefficient (Wildman–Crippen LogP) is 7.56. The number of benzene rings is 3. The van der Waals surface area contributed by atoms with Crippen LogP contribution in [0.1, 0.15) is 81.6 Å². The van der Waals surface area contributed by atoms with Gasteiger partial charge in [0.15, 0.2) is 0 Å². The monoisotopic (exact) mass is 1200 g/mol. The van der Waals surface area contributed by atoms with Gasteiger partial charge in [0.1, 0.15) is 28.9 Å². The normalized spacial score (nSPS) is 19.2. The third kappa shape index (κ3) is 14.1. The number of likely N-dealkylation sites (tertiary alicyclic amines) is 1. The number of allylic oxidation sites excluding steroid dienone is 1. The molecule has 1 aliphatic carbocycles. The van der Waals surface area contributed by atoms with Gasteiger partial charge in [0.25, 0.3) is 33.4 Å². The molecule has 5 aromatic rings. The Morgan fingerprint density at radius 3 is 2.42 bits per heavy atom. The number of nitrogens with zero attached hydrogens (tertiary/aromatic N) is 6. The highest BCUT2D eigenvalue weighted by Gasteiger charge is 2.45. The first-order chi connectivity index (χ1) is 40.7. The van der Waals surface area contributed by atoms with E-state index in [1.54, 1.807) is 24.4 Å². The number of pyridine rings is 1. The summed E-state index contributed by atoms with van der Waals surface area (Å²) in [5.74, 6) is -2.77. The molecule has 4 aliphatic heterocycles. The average Bonchev–Trinajstić information content (AvgIpc) is 4.12. The van der Waals surface area contributed by atoms with Crippen molar-refractivity contribution in [1.29, 1.82) is 0 Å². The van der Waals surface area contributed by atoms with E-state index in [9.17, 15) is 42.5 Å². The first kappa shape index (κ1) is 60.2. The number of imide groups is 2.